The highest BCUT2D eigenvalue weighted by Gasteiger charge is 2.40. The number of nitrogens with one attached hydrogen (secondary N) is 1. The average molecular weight is 224 g/mol. The molecule has 1 heterocycles. The Balaban J connectivity index is 2.04. The first-order valence-corrected chi connectivity index (χ1v) is 6.79. The van der Waals surface area contributed by atoms with Crippen LogP contribution >= 0.6 is 0 Å². The van der Waals surface area contributed by atoms with Gasteiger partial charge in [0.1, 0.15) is 0 Å². The van der Waals surface area contributed by atoms with E-state index in [1.807, 2.05) is 0 Å². The van der Waals surface area contributed by atoms with E-state index in [4.69, 9.17) is 0 Å². The van der Waals surface area contributed by atoms with Crippen LogP contribution in [0.1, 0.15) is 45.4 Å². The van der Waals surface area contributed by atoms with Crippen LogP contribution in [0.4, 0.5) is 0 Å². The maximum absolute atomic E-state index is 12.6. The van der Waals surface area contributed by atoms with Crippen molar-refractivity contribution in [1.82, 2.24) is 10.2 Å². The molecule has 0 aromatic heterocycles. The van der Waals surface area contributed by atoms with E-state index in [0.29, 0.717) is 5.91 Å². The zero-order valence-corrected chi connectivity index (χ0v) is 10.4. The zero-order valence-electron chi connectivity index (χ0n) is 10.4. The van der Waals surface area contributed by atoms with Crippen LogP contribution in [0.3, 0.4) is 0 Å². The summed E-state index contributed by atoms with van der Waals surface area (Å²) in [6.07, 6.45) is 7.06. The minimum absolute atomic E-state index is 0.00437. The topological polar surface area (TPSA) is 32.3 Å². The quantitative estimate of drug-likeness (QED) is 0.775. The number of hydrogen-bond acceptors (Lipinski definition) is 2. The third-order valence-electron chi connectivity index (χ3n) is 4.35. The van der Waals surface area contributed by atoms with Crippen molar-refractivity contribution in [2.45, 2.75) is 45.4 Å². The number of amides is 1. The summed E-state index contributed by atoms with van der Waals surface area (Å²) in [6.45, 7) is 5.92. The van der Waals surface area contributed by atoms with E-state index in [1.165, 1.54) is 19.3 Å². The Hall–Kier alpha value is -0.570. The van der Waals surface area contributed by atoms with Crippen molar-refractivity contribution < 1.29 is 4.79 Å². The molecule has 0 unspecified atom stereocenters. The minimum Gasteiger partial charge on any atom is -0.340 e. The van der Waals surface area contributed by atoms with Crippen molar-refractivity contribution in [1.29, 1.82) is 0 Å². The monoisotopic (exact) mass is 224 g/mol. The molecule has 1 aliphatic carbocycles. The fourth-order valence-electron chi connectivity index (χ4n) is 3.15. The molecular formula is C13H24N2O. The van der Waals surface area contributed by atoms with Crippen molar-refractivity contribution in [2.75, 3.05) is 26.2 Å². The lowest BCUT2D eigenvalue weighted by Crippen LogP contribution is -2.52. The Morgan fingerprint density at radius 2 is 1.81 bits per heavy atom. The third kappa shape index (κ3) is 2.24. The third-order valence-corrected chi connectivity index (χ3v) is 4.35. The summed E-state index contributed by atoms with van der Waals surface area (Å²) in [6, 6.07) is 0. The van der Waals surface area contributed by atoms with Crippen LogP contribution in [0.25, 0.3) is 0 Å². The maximum atomic E-state index is 12.6. The fourth-order valence-corrected chi connectivity index (χ4v) is 3.15. The number of piperazine rings is 1. The summed E-state index contributed by atoms with van der Waals surface area (Å²) < 4.78 is 0. The number of carbonyl (C=O) groups excluding carboxylic acids is 1. The summed E-state index contributed by atoms with van der Waals surface area (Å²) in [5.74, 6) is 0.441. The Labute approximate surface area is 98.6 Å². The minimum atomic E-state index is -0.00437. The molecule has 3 heteroatoms. The van der Waals surface area contributed by atoms with Crippen molar-refractivity contribution in [3.8, 4) is 0 Å². The van der Waals surface area contributed by atoms with Gasteiger partial charge in [0.2, 0.25) is 5.91 Å². The van der Waals surface area contributed by atoms with Gasteiger partial charge in [-0.3, -0.25) is 4.79 Å². The van der Waals surface area contributed by atoms with E-state index in [0.717, 1.165) is 45.4 Å². The molecule has 1 amide bonds. The van der Waals surface area contributed by atoms with Gasteiger partial charge in [0.25, 0.3) is 0 Å². The van der Waals surface area contributed by atoms with E-state index in [1.54, 1.807) is 0 Å². The van der Waals surface area contributed by atoms with E-state index in [9.17, 15) is 4.79 Å². The number of carbonyl (C=O) groups is 1. The molecule has 0 aromatic rings. The highest BCUT2D eigenvalue weighted by atomic mass is 16.2. The van der Waals surface area contributed by atoms with E-state index in [2.05, 4.69) is 17.1 Å². The first-order valence-electron chi connectivity index (χ1n) is 6.79. The lowest BCUT2D eigenvalue weighted by Gasteiger charge is -2.40. The van der Waals surface area contributed by atoms with Crippen LogP contribution in [0, 0.1) is 5.41 Å². The van der Waals surface area contributed by atoms with Gasteiger partial charge in [-0.2, -0.15) is 0 Å². The molecule has 92 valence electrons. The van der Waals surface area contributed by atoms with Crippen molar-refractivity contribution in [3.05, 3.63) is 0 Å². The van der Waals surface area contributed by atoms with E-state index in [-0.39, 0.29) is 5.41 Å². The molecule has 2 rings (SSSR count). The fraction of sp³-hybridized carbons (Fsp3) is 0.923. The van der Waals surface area contributed by atoms with Crippen LogP contribution in [-0.2, 0) is 4.79 Å². The second-order valence-corrected chi connectivity index (χ2v) is 5.24. The lowest BCUT2D eigenvalue weighted by molar-refractivity contribution is -0.145. The molecule has 0 spiro atoms. The van der Waals surface area contributed by atoms with Gasteiger partial charge in [-0.05, 0) is 19.3 Å². The molecule has 3 nitrogen and oxygen atoms in total. The number of rotatable bonds is 2. The van der Waals surface area contributed by atoms with Crippen LogP contribution in [0.15, 0.2) is 0 Å². The predicted octanol–water partition coefficient (Wildman–Crippen LogP) is 1.78. The van der Waals surface area contributed by atoms with Crippen LogP contribution in [0.2, 0.25) is 0 Å². The smallest absolute Gasteiger partial charge is 0.228 e. The predicted molar refractivity (Wildman–Crippen MR) is 65.3 cm³/mol. The zero-order chi connectivity index (χ0) is 11.4. The van der Waals surface area contributed by atoms with Gasteiger partial charge in [-0.15, -0.1) is 0 Å². The van der Waals surface area contributed by atoms with Gasteiger partial charge in [-0.1, -0.05) is 26.2 Å². The largest absolute Gasteiger partial charge is 0.340 e. The standard InChI is InChI=1S/C13H24N2O/c1-2-13(6-4-3-5-7-13)12(16)15-10-8-14-9-11-15/h14H,2-11H2,1H3. The molecule has 1 aliphatic heterocycles. The van der Waals surface area contributed by atoms with E-state index < -0.39 is 0 Å². The second kappa shape index (κ2) is 5.17. The summed E-state index contributed by atoms with van der Waals surface area (Å²) in [5, 5.41) is 3.31. The van der Waals surface area contributed by atoms with Gasteiger partial charge in [0.15, 0.2) is 0 Å². The van der Waals surface area contributed by atoms with E-state index >= 15 is 0 Å². The van der Waals surface area contributed by atoms with Gasteiger partial charge < -0.3 is 10.2 Å². The molecule has 1 saturated heterocycles. The molecule has 2 fully saturated rings. The van der Waals surface area contributed by atoms with Gasteiger partial charge in [-0.25, -0.2) is 0 Å². The van der Waals surface area contributed by atoms with Crippen LogP contribution in [0.5, 0.6) is 0 Å². The van der Waals surface area contributed by atoms with Crippen LogP contribution in [-0.4, -0.2) is 37.0 Å². The summed E-state index contributed by atoms with van der Waals surface area (Å²) >= 11 is 0. The summed E-state index contributed by atoms with van der Waals surface area (Å²) in [4.78, 5) is 14.7. The molecule has 16 heavy (non-hydrogen) atoms. The number of nitrogens with zero attached hydrogens (tertiary/aromatic N) is 1. The molecule has 0 atom stereocenters. The summed E-state index contributed by atoms with van der Waals surface area (Å²) in [7, 11) is 0. The number of hydrogen-bond donors (Lipinski definition) is 1. The molecular weight excluding hydrogens is 200 g/mol. The SMILES string of the molecule is CCC1(C(=O)N2CCNCC2)CCCCC1. The Morgan fingerprint density at radius 1 is 1.19 bits per heavy atom. The molecule has 1 N–H and O–H groups in total. The van der Waals surface area contributed by atoms with Gasteiger partial charge in [0.05, 0.1) is 0 Å². The van der Waals surface area contributed by atoms with Crippen LogP contribution < -0.4 is 5.32 Å². The lowest BCUT2D eigenvalue weighted by atomic mass is 9.71. The molecule has 0 aromatic carbocycles. The highest BCUT2D eigenvalue weighted by Crippen LogP contribution is 2.40. The summed E-state index contributed by atoms with van der Waals surface area (Å²) in [5.41, 5.74) is -0.00437. The maximum Gasteiger partial charge on any atom is 0.228 e. The Morgan fingerprint density at radius 3 is 2.38 bits per heavy atom. The Kier molecular flexibility index (Phi) is 3.85. The first-order chi connectivity index (χ1) is 7.78. The van der Waals surface area contributed by atoms with Gasteiger partial charge >= 0.3 is 0 Å². The highest BCUT2D eigenvalue weighted by molar-refractivity contribution is 5.83. The molecule has 0 radical (unpaired) electrons. The second-order valence-electron chi connectivity index (χ2n) is 5.24. The van der Waals surface area contributed by atoms with Crippen molar-refractivity contribution in [2.24, 2.45) is 5.41 Å². The van der Waals surface area contributed by atoms with Crippen molar-refractivity contribution in [3.63, 3.8) is 0 Å². The molecule has 2 aliphatic rings. The van der Waals surface area contributed by atoms with Crippen molar-refractivity contribution >= 4 is 5.91 Å². The molecule has 0 bridgehead atoms. The van der Waals surface area contributed by atoms with Gasteiger partial charge in [0, 0.05) is 31.6 Å². The first kappa shape index (κ1) is 11.9. The Bertz CT molecular complexity index is 240. The normalized spacial score (nSPS) is 25.4. The average Bonchev–Trinajstić information content (AvgIpc) is 2.39. The molecule has 1 saturated carbocycles.